The summed E-state index contributed by atoms with van der Waals surface area (Å²) in [5.41, 5.74) is 0. The van der Waals surface area contributed by atoms with Gasteiger partial charge in [0.15, 0.2) is 0 Å². The molecule has 1 saturated heterocycles. The summed E-state index contributed by atoms with van der Waals surface area (Å²) < 4.78 is 0. The zero-order valence-electron chi connectivity index (χ0n) is 6.83. The van der Waals surface area contributed by atoms with E-state index >= 15 is 0 Å². The summed E-state index contributed by atoms with van der Waals surface area (Å²) >= 11 is 0. The van der Waals surface area contributed by atoms with Crippen molar-refractivity contribution in [1.82, 2.24) is 10.2 Å². The molecule has 0 spiro atoms. The fraction of sp³-hybridized carbons (Fsp3) is 0.500. The highest BCUT2D eigenvalue weighted by molar-refractivity contribution is 6.03. The third-order valence-electron chi connectivity index (χ3n) is 1.70. The van der Waals surface area contributed by atoms with Gasteiger partial charge in [0.05, 0.1) is 0 Å². The molecule has 0 bridgehead atoms. The molecule has 1 aliphatic rings. The van der Waals surface area contributed by atoms with E-state index in [1.807, 2.05) is 0 Å². The minimum Gasteiger partial charge on any atom is -0.326 e. The first-order valence-corrected chi connectivity index (χ1v) is 3.72. The standard InChI is InChI=1S/C8H10N2O2/c1-3-4-5-10-7(11)6(2)9-8(10)12/h1,6H,4-5H2,2H3,(H,9,12)/t6-/m0/s1. The molecule has 0 aromatic rings. The number of imide groups is 1. The van der Waals surface area contributed by atoms with Gasteiger partial charge in [-0.2, -0.15) is 0 Å². The molecule has 64 valence electrons. The molecular formula is C8H10N2O2. The largest absolute Gasteiger partial charge is 0.326 e. The molecule has 0 aromatic carbocycles. The van der Waals surface area contributed by atoms with Crippen LogP contribution in [-0.2, 0) is 4.79 Å². The summed E-state index contributed by atoms with van der Waals surface area (Å²) in [7, 11) is 0. The number of nitrogens with zero attached hydrogens (tertiary/aromatic N) is 1. The van der Waals surface area contributed by atoms with Gasteiger partial charge in [0.25, 0.3) is 5.91 Å². The molecular weight excluding hydrogens is 156 g/mol. The first-order chi connectivity index (χ1) is 5.66. The number of carbonyl (C=O) groups excluding carboxylic acids is 2. The molecule has 0 aliphatic carbocycles. The van der Waals surface area contributed by atoms with Crippen molar-refractivity contribution in [2.45, 2.75) is 19.4 Å². The van der Waals surface area contributed by atoms with E-state index in [9.17, 15) is 9.59 Å². The van der Waals surface area contributed by atoms with Crippen molar-refractivity contribution in [1.29, 1.82) is 0 Å². The molecule has 1 rings (SSSR count). The molecule has 4 heteroatoms. The minimum atomic E-state index is -0.407. The smallest absolute Gasteiger partial charge is 0.324 e. The number of carbonyl (C=O) groups is 2. The van der Waals surface area contributed by atoms with Gasteiger partial charge >= 0.3 is 6.03 Å². The van der Waals surface area contributed by atoms with Gasteiger partial charge in [0.2, 0.25) is 0 Å². The Bertz CT molecular complexity index is 254. The van der Waals surface area contributed by atoms with Crippen LogP contribution in [0.15, 0.2) is 0 Å². The third kappa shape index (κ3) is 1.40. The maximum Gasteiger partial charge on any atom is 0.324 e. The Morgan fingerprint density at radius 3 is 2.75 bits per heavy atom. The molecule has 0 saturated carbocycles. The molecule has 3 amide bonds. The molecule has 1 N–H and O–H groups in total. The van der Waals surface area contributed by atoms with E-state index in [0.29, 0.717) is 13.0 Å². The third-order valence-corrected chi connectivity index (χ3v) is 1.70. The van der Waals surface area contributed by atoms with E-state index in [4.69, 9.17) is 6.42 Å². The summed E-state index contributed by atoms with van der Waals surface area (Å²) in [5, 5.41) is 2.49. The molecule has 1 aliphatic heterocycles. The second-order valence-electron chi connectivity index (χ2n) is 2.62. The van der Waals surface area contributed by atoms with Crippen LogP contribution in [0.4, 0.5) is 4.79 Å². The van der Waals surface area contributed by atoms with Crippen LogP contribution >= 0.6 is 0 Å². The van der Waals surface area contributed by atoms with Crippen molar-refractivity contribution in [3.63, 3.8) is 0 Å². The molecule has 0 unspecified atom stereocenters. The van der Waals surface area contributed by atoms with Gasteiger partial charge in [-0.05, 0) is 6.92 Å². The highest BCUT2D eigenvalue weighted by Gasteiger charge is 2.33. The van der Waals surface area contributed by atoms with Crippen molar-refractivity contribution in [2.75, 3.05) is 6.54 Å². The maximum absolute atomic E-state index is 11.2. The second kappa shape index (κ2) is 3.26. The monoisotopic (exact) mass is 166 g/mol. The van der Waals surface area contributed by atoms with Crippen LogP contribution in [0.3, 0.4) is 0 Å². The minimum absolute atomic E-state index is 0.199. The van der Waals surface area contributed by atoms with Crippen LogP contribution in [0.1, 0.15) is 13.3 Å². The van der Waals surface area contributed by atoms with Gasteiger partial charge in [-0.3, -0.25) is 9.69 Å². The predicted octanol–water partition coefficient (Wildman–Crippen LogP) is -0.0500. The van der Waals surface area contributed by atoms with E-state index in [1.165, 1.54) is 0 Å². The van der Waals surface area contributed by atoms with Crippen LogP contribution in [0.2, 0.25) is 0 Å². The van der Waals surface area contributed by atoms with Gasteiger partial charge in [-0.1, -0.05) is 0 Å². The molecule has 1 fully saturated rings. The average molecular weight is 166 g/mol. The summed E-state index contributed by atoms with van der Waals surface area (Å²) in [6.07, 6.45) is 5.42. The quantitative estimate of drug-likeness (QED) is 0.462. The average Bonchev–Trinajstić information content (AvgIpc) is 2.25. The lowest BCUT2D eigenvalue weighted by atomic mass is 10.3. The molecule has 0 radical (unpaired) electrons. The lowest BCUT2D eigenvalue weighted by Gasteiger charge is -2.09. The molecule has 12 heavy (non-hydrogen) atoms. The van der Waals surface area contributed by atoms with E-state index in [0.717, 1.165) is 4.90 Å². The Labute approximate surface area is 70.9 Å². The number of hydrogen-bond donors (Lipinski definition) is 1. The number of rotatable bonds is 2. The Hall–Kier alpha value is -1.50. The highest BCUT2D eigenvalue weighted by atomic mass is 16.2. The van der Waals surface area contributed by atoms with E-state index < -0.39 is 6.04 Å². The van der Waals surface area contributed by atoms with Crippen LogP contribution in [-0.4, -0.2) is 29.4 Å². The lowest BCUT2D eigenvalue weighted by Crippen LogP contribution is -2.31. The molecule has 1 heterocycles. The van der Waals surface area contributed by atoms with Crippen molar-refractivity contribution in [3.8, 4) is 12.3 Å². The Morgan fingerprint density at radius 2 is 2.33 bits per heavy atom. The SMILES string of the molecule is C#CCCN1C(=O)N[C@@H](C)C1=O. The zero-order valence-corrected chi connectivity index (χ0v) is 6.83. The first kappa shape index (κ1) is 8.60. The summed E-state index contributed by atoms with van der Waals surface area (Å²) in [4.78, 5) is 23.4. The van der Waals surface area contributed by atoms with E-state index in [1.54, 1.807) is 6.92 Å². The summed E-state index contributed by atoms with van der Waals surface area (Å²) in [6, 6.07) is -0.752. The summed E-state index contributed by atoms with van der Waals surface area (Å²) in [5.74, 6) is 2.18. The van der Waals surface area contributed by atoms with Gasteiger partial charge in [0, 0.05) is 13.0 Å². The van der Waals surface area contributed by atoms with E-state index in [-0.39, 0.29) is 11.9 Å². The second-order valence-corrected chi connectivity index (χ2v) is 2.62. The molecule has 1 atom stereocenters. The zero-order chi connectivity index (χ0) is 9.14. The fourth-order valence-corrected chi connectivity index (χ4v) is 1.05. The van der Waals surface area contributed by atoms with Crippen LogP contribution in [0, 0.1) is 12.3 Å². The van der Waals surface area contributed by atoms with Gasteiger partial charge in [0.1, 0.15) is 6.04 Å². The van der Waals surface area contributed by atoms with Crippen molar-refractivity contribution in [2.24, 2.45) is 0 Å². The Balaban J connectivity index is 2.59. The van der Waals surface area contributed by atoms with E-state index in [2.05, 4.69) is 11.2 Å². The summed E-state index contributed by atoms with van der Waals surface area (Å²) in [6.45, 7) is 1.96. The number of urea groups is 1. The van der Waals surface area contributed by atoms with Crippen molar-refractivity contribution in [3.05, 3.63) is 0 Å². The van der Waals surface area contributed by atoms with Crippen molar-refractivity contribution < 1.29 is 9.59 Å². The number of terminal acetylenes is 1. The van der Waals surface area contributed by atoms with Crippen LogP contribution in [0.25, 0.3) is 0 Å². The highest BCUT2D eigenvalue weighted by Crippen LogP contribution is 2.05. The molecule has 4 nitrogen and oxygen atoms in total. The number of nitrogens with one attached hydrogen (secondary N) is 1. The van der Waals surface area contributed by atoms with Gasteiger partial charge in [-0.25, -0.2) is 4.79 Å². The lowest BCUT2D eigenvalue weighted by molar-refractivity contribution is -0.127. The van der Waals surface area contributed by atoms with Crippen LogP contribution in [0.5, 0.6) is 0 Å². The van der Waals surface area contributed by atoms with Gasteiger partial charge < -0.3 is 5.32 Å². The Kier molecular flexibility index (Phi) is 2.34. The Morgan fingerprint density at radius 1 is 1.67 bits per heavy atom. The van der Waals surface area contributed by atoms with Crippen LogP contribution < -0.4 is 5.32 Å². The predicted molar refractivity (Wildman–Crippen MR) is 43.2 cm³/mol. The maximum atomic E-state index is 11.2. The number of hydrogen-bond acceptors (Lipinski definition) is 2. The first-order valence-electron chi connectivity index (χ1n) is 3.72. The molecule has 0 aromatic heterocycles. The van der Waals surface area contributed by atoms with Crippen molar-refractivity contribution >= 4 is 11.9 Å². The topological polar surface area (TPSA) is 49.4 Å². The normalized spacial score (nSPS) is 22.3. The fourth-order valence-electron chi connectivity index (χ4n) is 1.05. The van der Waals surface area contributed by atoms with Gasteiger partial charge in [-0.15, -0.1) is 12.3 Å². The number of amides is 3.